The van der Waals surface area contributed by atoms with Crippen LogP contribution in [-0.4, -0.2) is 59.1 Å². The normalized spacial score (nSPS) is 20.4. The molecular formula is C41H42FN5O6. The molecule has 274 valence electrons. The first-order valence-corrected chi connectivity index (χ1v) is 17.7. The summed E-state index contributed by atoms with van der Waals surface area (Å²) in [4.78, 5) is 69.9. The van der Waals surface area contributed by atoms with Gasteiger partial charge in [0.1, 0.15) is 35.4 Å². The van der Waals surface area contributed by atoms with Crippen molar-refractivity contribution in [2.24, 2.45) is 0 Å². The summed E-state index contributed by atoms with van der Waals surface area (Å²) >= 11 is 0. The number of carbonyl (C=O) groups is 5. The molecule has 4 aromatic rings. The van der Waals surface area contributed by atoms with E-state index in [1.807, 2.05) is 30.3 Å². The van der Waals surface area contributed by atoms with Gasteiger partial charge in [-0.2, -0.15) is 0 Å². The molecule has 3 aliphatic heterocycles. The molecule has 4 bridgehead atoms. The van der Waals surface area contributed by atoms with E-state index >= 15 is 0 Å². The Morgan fingerprint density at radius 3 is 2.34 bits per heavy atom. The van der Waals surface area contributed by atoms with Crippen LogP contribution in [0.5, 0.6) is 11.5 Å². The van der Waals surface area contributed by atoms with Crippen molar-refractivity contribution in [3.8, 4) is 11.5 Å². The molecule has 1 fully saturated rings. The predicted octanol–water partition coefficient (Wildman–Crippen LogP) is 4.26. The van der Waals surface area contributed by atoms with Crippen LogP contribution in [0.2, 0.25) is 0 Å². The van der Waals surface area contributed by atoms with Gasteiger partial charge in [0.2, 0.25) is 29.5 Å². The molecule has 7 rings (SSSR count). The van der Waals surface area contributed by atoms with Gasteiger partial charge in [-0.15, -0.1) is 0 Å². The van der Waals surface area contributed by atoms with E-state index in [4.69, 9.17) is 4.74 Å². The lowest BCUT2D eigenvalue weighted by Crippen LogP contribution is -2.58. The SMILES string of the molecule is CC(=O)N[C@H]1Cc2cccc(c2)Oc2ccc(cc2)C[C@@H](C(=O)NCc2ccccc2F)NC(=O)[C@H](CC(=O)N2CCC[C@@H]2c2ccccc2)NC1=O. The maximum atomic E-state index is 14.4. The van der Waals surface area contributed by atoms with Crippen molar-refractivity contribution in [3.63, 3.8) is 0 Å². The quantitative estimate of drug-likeness (QED) is 0.225. The molecule has 0 saturated carbocycles. The van der Waals surface area contributed by atoms with E-state index in [-0.39, 0.29) is 36.9 Å². The van der Waals surface area contributed by atoms with E-state index in [0.717, 1.165) is 18.4 Å². The van der Waals surface area contributed by atoms with Gasteiger partial charge in [-0.1, -0.05) is 72.8 Å². The summed E-state index contributed by atoms with van der Waals surface area (Å²) in [6, 6.07) is 25.9. The molecule has 0 unspecified atom stereocenters. The maximum absolute atomic E-state index is 14.4. The Kier molecular flexibility index (Phi) is 11.8. The highest BCUT2D eigenvalue weighted by atomic mass is 19.1. The molecule has 0 radical (unpaired) electrons. The fourth-order valence-corrected chi connectivity index (χ4v) is 6.78. The molecule has 53 heavy (non-hydrogen) atoms. The summed E-state index contributed by atoms with van der Waals surface area (Å²) in [5.41, 5.74) is 2.60. The van der Waals surface area contributed by atoms with E-state index in [1.54, 1.807) is 71.6 Å². The Hall–Kier alpha value is -6.04. The van der Waals surface area contributed by atoms with Crippen molar-refractivity contribution < 1.29 is 33.1 Å². The van der Waals surface area contributed by atoms with Gasteiger partial charge in [0.25, 0.3) is 0 Å². The van der Waals surface area contributed by atoms with Crippen molar-refractivity contribution >= 4 is 29.5 Å². The summed E-state index contributed by atoms with van der Waals surface area (Å²) in [5, 5.41) is 10.9. The number of hydrogen-bond acceptors (Lipinski definition) is 6. The monoisotopic (exact) mass is 719 g/mol. The highest BCUT2D eigenvalue weighted by Crippen LogP contribution is 2.32. The zero-order valence-corrected chi connectivity index (χ0v) is 29.3. The van der Waals surface area contributed by atoms with Crippen LogP contribution in [0, 0.1) is 5.82 Å². The molecule has 5 amide bonds. The fourth-order valence-electron chi connectivity index (χ4n) is 6.78. The van der Waals surface area contributed by atoms with Gasteiger partial charge in [0, 0.05) is 38.4 Å². The van der Waals surface area contributed by atoms with Crippen LogP contribution < -0.4 is 26.0 Å². The van der Waals surface area contributed by atoms with Gasteiger partial charge in [0.15, 0.2) is 0 Å². The Morgan fingerprint density at radius 1 is 0.830 bits per heavy atom. The van der Waals surface area contributed by atoms with E-state index < -0.39 is 54.0 Å². The standard InChI is InChI=1S/C41H42FN5O6/c1-26(48)44-35-23-28-9-7-13-32(21-28)53-31-18-16-27(17-19-31)22-34(39(50)43-25-30-12-5-6-14-33(30)42)45-41(52)36(46-40(35)51)24-38(49)47-20-8-15-37(47)29-10-3-2-4-11-29/h2-7,9-14,16-19,21,34-37H,8,15,20,22-25H2,1H3,(H,43,50)(H,44,48)(H,45,52)(H,46,51)/t34-,35-,36-,37+/m0/s1. The topological polar surface area (TPSA) is 146 Å². The summed E-state index contributed by atoms with van der Waals surface area (Å²) < 4.78 is 20.5. The summed E-state index contributed by atoms with van der Waals surface area (Å²) in [6.45, 7) is 1.63. The van der Waals surface area contributed by atoms with Gasteiger partial charge in [-0.3, -0.25) is 24.0 Å². The lowest BCUT2D eigenvalue weighted by molar-refractivity contribution is -0.138. The Balaban J connectivity index is 1.32. The minimum Gasteiger partial charge on any atom is -0.457 e. The Morgan fingerprint density at radius 2 is 1.58 bits per heavy atom. The third kappa shape index (κ3) is 9.65. The molecule has 4 atom stereocenters. The predicted molar refractivity (Wildman–Crippen MR) is 195 cm³/mol. The van der Waals surface area contributed by atoms with Gasteiger partial charge >= 0.3 is 0 Å². The van der Waals surface area contributed by atoms with Crippen molar-refractivity contribution in [3.05, 3.63) is 131 Å². The average molecular weight is 720 g/mol. The summed E-state index contributed by atoms with van der Waals surface area (Å²) in [5.74, 6) is -2.31. The molecule has 0 spiro atoms. The molecule has 0 aromatic heterocycles. The van der Waals surface area contributed by atoms with E-state index in [2.05, 4.69) is 21.3 Å². The number of benzene rings is 4. The van der Waals surface area contributed by atoms with Crippen LogP contribution in [0.4, 0.5) is 4.39 Å². The number of likely N-dealkylation sites (tertiary alicyclic amines) is 1. The number of nitrogens with one attached hydrogen (secondary N) is 4. The highest BCUT2D eigenvalue weighted by molar-refractivity contribution is 5.96. The Bertz CT molecular complexity index is 1960. The lowest BCUT2D eigenvalue weighted by atomic mass is 10.0. The van der Waals surface area contributed by atoms with E-state index in [9.17, 15) is 28.4 Å². The molecule has 3 aliphatic rings. The number of amides is 5. The smallest absolute Gasteiger partial charge is 0.243 e. The third-order valence-corrected chi connectivity index (χ3v) is 9.44. The molecule has 12 heteroatoms. The van der Waals surface area contributed by atoms with Gasteiger partial charge < -0.3 is 30.9 Å². The number of ether oxygens (including phenoxy) is 1. The van der Waals surface area contributed by atoms with Crippen LogP contribution in [0.15, 0.2) is 103 Å². The lowest BCUT2D eigenvalue weighted by Gasteiger charge is -2.29. The number of nitrogens with zero attached hydrogens (tertiary/aromatic N) is 1. The summed E-state index contributed by atoms with van der Waals surface area (Å²) in [7, 11) is 0. The first-order chi connectivity index (χ1) is 25.6. The second kappa shape index (κ2) is 17.0. The second-order valence-corrected chi connectivity index (χ2v) is 13.3. The minimum atomic E-state index is -1.40. The zero-order chi connectivity index (χ0) is 37.3. The third-order valence-electron chi connectivity index (χ3n) is 9.44. The van der Waals surface area contributed by atoms with Crippen molar-refractivity contribution in [1.82, 2.24) is 26.2 Å². The van der Waals surface area contributed by atoms with Crippen LogP contribution >= 0.6 is 0 Å². The number of fused-ring (bicyclic) bond motifs is 10. The maximum Gasteiger partial charge on any atom is 0.243 e. The first-order valence-electron chi connectivity index (χ1n) is 17.7. The van der Waals surface area contributed by atoms with E-state index in [0.29, 0.717) is 29.2 Å². The first kappa shape index (κ1) is 36.7. The van der Waals surface area contributed by atoms with Crippen LogP contribution in [0.25, 0.3) is 0 Å². The number of halogens is 1. The summed E-state index contributed by atoms with van der Waals surface area (Å²) in [6.07, 6.45) is 1.22. The van der Waals surface area contributed by atoms with Crippen molar-refractivity contribution in [2.45, 2.75) is 69.7 Å². The molecular weight excluding hydrogens is 677 g/mol. The van der Waals surface area contributed by atoms with Gasteiger partial charge in [-0.25, -0.2) is 4.39 Å². The minimum absolute atomic E-state index is 0.0376. The molecule has 0 aliphatic carbocycles. The molecule has 4 aromatic carbocycles. The van der Waals surface area contributed by atoms with Crippen LogP contribution in [0.1, 0.15) is 54.5 Å². The number of carbonyl (C=O) groups excluding carboxylic acids is 5. The number of rotatable bonds is 7. The average Bonchev–Trinajstić information content (AvgIpc) is 3.65. The van der Waals surface area contributed by atoms with Crippen molar-refractivity contribution in [1.29, 1.82) is 0 Å². The highest BCUT2D eigenvalue weighted by Gasteiger charge is 2.36. The fraction of sp³-hybridized carbons (Fsp3) is 0.293. The second-order valence-electron chi connectivity index (χ2n) is 13.3. The largest absolute Gasteiger partial charge is 0.457 e. The van der Waals surface area contributed by atoms with E-state index in [1.165, 1.54) is 13.0 Å². The van der Waals surface area contributed by atoms with Crippen molar-refractivity contribution in [2.75, 3.05) is 6.54 Å². The number of hydrogen-bond donors (Lipinski definition) is 4. The van der Waals surface area contributed by atoms with Crippen LogP contribution in [0.3, 0.4) is 0 Å². The molecule has 11 nitrogen and oxygen atoms in total. The molecule has 4 N–H and O–H groups in total. The Labute approximate surface area is 307 Å². The van der Waals surface area contributed by atoms with Gasteiger partial charge in [-0.05, 0) is 59.9 Å². The van der Waals surface area contributed by atoms with Gasteiger partial charge in [0.05, 0.1) is 12.5 Å². The zero-order valence-electron chi connectivity index (χ0n) is 29.3. The molecule has 1 saturated heterocycles. The molecule has 3 heterocycles. The van der Waals surface area contributed by atoms with Crippen LogP contribution in [-0.2, 0) is 43.4 Å².